The molecule has 0 atom stereocenters. The summed E-state index contributed by atoms with van der Waals surface area (Å²) < 4.78 is 0. The highest BCUT2D eigenvalue weighted by atomic mass is 16.3. The Balaban J connectivity index is 3.50. The molecule has 0 aliphatic rings. The molecule has 88 valence electrons. The molecule has 0 aromatic heterocycles. The van der Waals surface area contributed by atoms with Gasteiger partial charge in [-0.1, -0.05) is 0 Å². The number of carbonyl (C=O) groups is 1. The monoisotopic (exact) mass is 221 g/mol. The lowest BCUT2D eigenvalue weighted by molar-refractivity contribution is -0.117. The summed E-state index contributed by atoms with van der Waals surface area (Å²) in [6.45, 7) is 7.96. The molecule has 16 heavy (non-hydrogen) atoms. The van der Waals surface area contributed by atoms with Gasteiger partial charge in [0.2, 0.25) is 5.91 Å². The average molecular weight is 221 g/mol. The van der Waals surface area contributed by atoms with E-state index in [0.717, 1.165) is 22.3 Å². The molecule has 0 bridgehead atoms. The normalized spacial score (nSPS) is 10.6. The van der Waals surface area contributed by atoms with Crippen molar-refractivity contribution in [2.45, 2.75) is 40.7 Å². The minimum Gasteiger partial charge on any atom is -0.392 e. The van der Waals surface area contributed by atoms with Crippen LogP contribution >= 0.6 is 0 Å². The van der Waals surface area contributed by atoms with Crippen molar-refractivity contribution in [2.75, 3.05) is 0 Å². The Morgan fingerprint density at radius 2 is 1.44 bits per heavy atom. The summed E-state index contributed by atoms with van der Waals surface area (Å²) in [7, 11) is 0. The van der Waals surface area contributed by atoms with Gasteiger partial charge in [-0.15, -0.1) is 0 Å². The van der Waals surface area contributed by atoms with E-state index in [2.05, 4.69) is 0 Å². The molecule has 1 amide bonds. The van der Waals surface area contributed by atoms with Crippen molar-refractivity contribution >= 4 is 5.91 Å². The van der Waals surface area contributed by atoms with Crippen molar-refractivity contribution in [1.29, 1.82) is 0 Å². The van der Waals surface area contributed by atoms with E-state index in [0.29, 0.717) is 0 Å². The largest absolute Gasteiger partial charge is 0.392 e. The Labute approximate surface area is 96.3 Å². The second-order valence-corrected chi connectivity index (χ2v) is 4.26. The van der Waals surface area contributed by atoms with Crippen molar-refractivity contribution in [3.05, 3.63) is 33.4 Å². The molecule has 3 N–H and O–H groups in total. The molecule has 3 heteroatoms. The predicted octanol–water partition coefficient (Wildman–Crippen LogP) is 1.44. The fourth-order valence-electron chi connectivity index (χ4n) is 2.10. The number of aliphatic hydroxyl groups excluding tert-OH is 1. The molecule has 1 aromatic rings. The van der Waals surface area contributed by atoms with E-state index in [1.165, 1.54) is 11.1 Å². The minimum atomic E-state index is -0.361. The molecule has 0 saturated heterocycles. The summed E-state index contributed by atoms with van der Waals surface area (Å²) in [5.74, 6) is -0.361. The van der Waals surface area contributed by atoms with Gasteiger partial charge in [-0.05, 0) is 61.1 Å². The second-order valence-electron chi connectivity index (χ2n) is 4.26. The van der Waals surface area contributed by atoms with Gasteiger partial charge in [0.1, 0.15) is 0 Å². The van der Waals surface area contributed by atoms with E-state index in [1.54, 1.807) is 0 Å². The van der Waals surface area contributed by atoms with E-state index >= 15 is 0 Å². The molecule has 0 saturated carbocycles. The highest BCUT2D eigenvalue weighted by molar-refractivity contribution is 5.78. The maximum absolute atomic E-state index is 11.0. The second kappa shape index (κ2) is 4.66. The van der Waals surface area contributed by atoms with Gasteiger partial charge in [-0.2, -0.15) is 0 Å². The van der Waals surface area contributed by atoms with Crippen LogP contribution in [-0.2, 0) is 17.8 Å². The molecule has 0 aliphatic carbocycles. The molecular formula is C13H19NO2. The minimum absolute atomic E-state index is 0.0452. The van der Waals surface area contributed by atoms with Gasteiger partial charge in [0.05, 0.1) is 13.0 Å². The summed E-state index contributed by atoms with van der Waals surface area (Å²) in [5, 5.41) is 9.40. The van der Waals surface area contributed by atoms with Crippen LogP contribution in [0.15, 0.2) is 0 Å². The molecular weight excluding hydrogens is 202 g/mol. The molecule has 1 aromatic carbocycles. The number of hydrogen-bond donors (Lipinski definition) is 2. The molecule has 3 nitrogen and oxygen atoms in total. The zero-order valence-corrected chi connectivity index (χ0v) is 10.3. The van der Waals surface area contributed by atoms with Crippen molar-refractivity contribution < 1.29 is 9.90 Å². The Bertz CT molecular complexity index is 436. The van der Waals surface area contributed by atoms with E-state index in [9.17, 15) is 9.90 Å². The van der Waals surface area contributed by atoms with E-state index in [4.69, 9.17) is 5.73 Å². The highest BCUT2D eigenvalue weighted by Gasteiger charge is 2.15. The van der Waals surface area contributed by atoms with E-state index in [1.807, 2.05) is 27.7 Å². The number of nitrogens with two attached hydrogens (primary N) is 1. The van der Waals surface area contributed by atoms with Gasteiger partial charge in [-0.25, -0.2) is 0 Å². The Kier molecular flexibility index (Phi) is 3.70. The molecule has 0 unspecified atom stereocenters. The zero-order chi connectivity index (χ0) is 12.5. The third kappa shape index (κ3) is 2.09. The van der Waals surface area contributed by atoms with Crippen LogP contribution in [0.1, 0.15) is 33.4 Å². The van der Waals surface area contributed by atoms with Crippen LogP contribution in [-0.4, -0.2) is 11.0 Å². The topological polar surface area (TPSA) is 63.3 Å². The third-order valence-electron chi connectivity index (χ3n) is 3.47. The highest BCUT2D eigenvalue weighted by Crippen LogP contribution is 2.27. The smallest absolute Gasteiger partial charge is 0.221 e. The first-order valence-corrected chi connectivity index (χ1v) is 5.37. The summed E-state index contributed by atoms with van der Waals surface area (Å²) in [4.78, 5) is 11.0. The maximum atomic E-state index is 11.0. The molecule has 0 spiro atoms. The summed E-state index contributed by atoms with van der Waals surface area (Å²) >= 11 is 0. The maximum Gasteiger partial charge on any atom is 0.221 e. The number of primary amides is 1. The van der Waals surface area contributed by atoms with E-state index in [-0.39, 0.29) is 18.9 Å². The quantitative estimate of drug-likeness (QED) is 0.811. The first-order valence-electron chi connectivity index (χ1n) is 5.37. The number of amides is 1. The number of aliphatic hydroxyl groups is 1. The van der Waals surface area contributed by atoms with Gasteiger partial charge in [-0.3, -0.25) is 4.79 Å². The van der Waals surface area contributed by atoms with Crippen LogP contribution in [0.2, 0.25) is 0 Å². The standard InChI is InChI=1S/C13H19NO2/c1-7-8(2)10(4)12(6-15)11(9(7)3)5-13(14)16/h15H,5-6H2,1-4H3,(H2,14,16). The number of rotatable bonds is 3. The first-order chi connectivity index (χ1) is 7.40. The molecule has 0 radical (unpaired) electrons. The van der Waals surface area contributed by atoms with Gasteiger partial charge < -0.3 is 10.8 Å². The van der Waals surface area contributed by atoms with E-state index < -0.39 is 0 Å². The number of carbonyl (C=O) groups excluding carboxylic acids is 1. The molecule has 0 aliphatic heterocycles. The SMILES string of the molecule is Cc1c(C)c(C)c(CC(N)=O)c(CO)c1C. The Morgan fingerprint density at radius 3 is 1.81 bits per heavy atom. The summed E-state index contributed by atoms with van der Waals surface area (Å²) in [5.41, 5.74) is 11.4. The number of hydrogen-bond acceptors (Lipinski definition) is 2. The fraction of sp³-hybridized carbons (Fsp3) is 0.462. The number of benzene rings is 1. The predicted molar refractivity (Wildman–Crippen MR) is 64.2 cm³/mol. The van der Waals surface area contributed by atoms with Crippen LogP contribution in [0.3, 0.4) is 0 Å². The van der Waals surface area contributed by atoms with Crippen LogP contribution in [0.4, 0.5) is 0 Å². The van der Waals surface area contributed by atoms with Gasteiger partial charge in [0.15, 0.2) is 0 Å². The van der Waals surface area contributed by atoms with Crippen molar-refractivity contribution in [2.24, 2.45) is 5.73 Å². The van der Waals surface area contributed by atoms with Crippen LogP contribution in [0, 0.1) is 27.7 Å². The summed E-state index contributed by atoms with van der Waals surface area (Å²) in [6, 6.07) is 0. The van der Waals surface area contributed by atoms with Crippen molar-refractivity contribution in [3.63, 3.8) is 0 Å². The third-order valence-corrected chi connectivity index (χ3v) is 3.47. The van der Waals surface area contributed by atoms with Gasteiger partial charge >= 0.3 is 0 Å². The first kappa shape index (κ1) is 12.7. The summed E-state index contributed by atoms with van der Waals surface area (Å²) in [6.07, 6.45) is 0.198. The Hall–Kier alpha value is -1.35. The van der Waals surface area contributed by atoms with Gasteiger partial charge in [0.25, 0.3) is 0 Å². The lowest BCUT2D eigenvalue weighted by Crippen LogP contribution is -2.17. The van der Waals surface area contributed by atoms with Crippen LogP contribution in [0.25, 0.3) is 0 Å². The average Bonchev–Trinajstić information content (AvgIpc) is 2.23. The van der Waals surface area contributed by atoms with Crippen molar-refractivity contribution in [3.8, 4) is 0 Å². The lowest BCUT2D eigenvalue weighted by Gasteiger charge is -2.18. The fourth-order valence-corrected chi connectivity index (χ4v) is 2.10. The van der Waals surface area contributed by atoms with Crippen molar-refractivity contribution in [1.82, 2.24) is 0 Å². The van der Waals surface area contributed by atoms with Crippen LogP contribution in [0.5, 0.6) is 0 Å². The zero-order valence-electron chi connectivity index (χ0n) is 10.3. The Morgan fingerprint density at radius 1 is 1.00 bits per heavy atom. The molecule has 1 rings (SSSR count). The lowest BCUT2D eigenvalue weighted by atomic mass is 9.87. The van der Waals surface area contributed by atoms with Crippen LogP contribution < -0.4 is 5.73 Å². The molecule has 0 fully saturated rings. The van der Waals surface area contributed by atoms with Gasteiger partial charge in [0, 0.05) is 0 Å². The molecule has 0 heterocycles.